The average molecular weight is 820 g/mol. The molecule has 1 saturated carbocycles. The molecule has 2 aromatic carbocycles. The van der Waals surface area contributed by atoms with Gasteiger partial charge in [-0.1, -0.05) is 12.1 Å². The molecular weight excluding hydrogens is 771 g/mol. The van der Waals surface area contributed by atoms with E-state index in [1.165, 1.54) is 0 Å². The van der Waals surface area contributed by atoms with Crippen LogP contribution >= 0.6 is 11.3 Å². The lowest BCUT2D eigenvalue weighted by Crippen LogP contribution is -2.54. The number of carbonyl (C=O) groups excluding carboxylic acids is 6. The van der Waals surface area contributed by atoms with Crippen molar-refractivity contribution in [2.75, 3.05) is 30.3 Å². The molecule has 0 bridgehead atoms. The Morgan fingerprint density at radius 1 is 0.915 bits per heavy atom. The molecular formula is C44H49N7O7S. The fourth-order valence-electron chi connectivity index (χ4n) is 8.99. The van der Waals surface area contributed by atoms with Crippen LogP contribution in [0.15, 0.2) is 48.5 Å². The summed E-state index contributed by atoms with van der Waals surface area (Å²) in [7, 11) is 0. The van der Waals surface area contributed by atoms with Crippen molar-refractivity contribution in [3.63, 3.8) is 0 Å². The monoisotopic (exact) mass is 819 g/mol. The molecule has 1 atom stereocenters. The number of aliphatic hydroxyl groups is 1. The van der Waals surface area contributed by atoms with Gasteiger partial charge in [0, 0.05) is 60.5 Å². The predicted octanol–water partition coefficient (Wildman–Crippen LogP) is 5.90. The minimum absolute atomic E-state index is 0.0159. The van der Waals surface area contributed by atoms with Crippen molar-refractivity contribution in [2.45, 2.75) is 96.1 Å². The Morgan fingerprint density at radius 3 is 2.37 bits per heavy atom. The first-order valence-corrected chi connectivity index (χ1v) is 21.4. The first-order chi connectivity index (χ1) is 28.2. The molecule has 15 heteroatoms. The number of fused-ring (bicyclic) bond motifs is 2. The lowest BCUT2D eigenvalue weighted by atomic mass is 9.81. The number of anilines is 2. The van der Waals surface area contributed by atoms with Crippen LogP contribution in [0.2, 0.25) is 0 Å². The maximum atomic E-state index is 13.7. The second kappa shape index (κ2) is 16.3. The number of imide groups is 2. The zero-order chi connectivity index (χ0) is 41.6. The van der Waals surface area contributed by atoms with E-state index in [4.69, 9.17) is 4.98 Å². The quantitative estimate of drug-likeness (QED) is 0.140. The van der Waals surface area contributed by atoms with Crippen molar-refractivity contribution >= 4 is 68.4 Å². The second-order valence-corrected chi connectivity index (χ2v) is 17.9. The zero-order valence-electron chi connectivity index (χ0n) is 33.5. The number of thiazole rings is 1. The van der Waals surface area contributed by atoms with Crippen LogP contribution in [0.3, 0.4) is 0 Å². The summed E-state index contributed by atoms with van der Waals surface area (Å²) < 4.78 is 0.921. The molecule has 0 radical (unpaired) electrons. The van der Waals surface area contributed by atoms with E-state index in [9.17, 15) is 33.9 Å². The van der Waals surface area contributed by atoms with Gasteiger partial charge in [0.15, 0.2) is 0 Å². The molecule has 3 aliphatic heterocycles. The fraction of sp³-hybridized carbons (Fsp3) is 0.455. The van der Waals surface area contributed by atoms with Crippen molar-refractivity contribution in [3.05, 3.63) is 81.6 Å². The van der Waals surface area contributed by atoms with Gasteiger partial charge >= 0.3 is 0 Å². The summed E-state index contributed by atoms with van der Waals surface area (Å²) in [5.41, 5.74) is 2.75. The van der Waals surface area contributed by atoms with E-state index in [0.717, 1.165) is 70.8 Å². The summed E-state index contributed by atoms with van der Waals surface area (Å²) in [4.78, 5) is 89.9. The second-order valence-electron chi connectivity index (χ2n) is 16.8. The number of aromatic nitrogens is 2. The van der Waals surface area contributed by atoms with Crippen molar-refractivity contribution in [1.82, 2.24) is 25.1 Å². The largest absolute Gasteiger partial charge is 0.386 e. The van der Waals surface area contributed by atoms with Gasteiger partial charge in [-0.25, -0.2) is 9.97 Å². The molecule has 59 heavy (non-hydrogen) atoms. The van der Waals surface area contributed by atoms with Gasteiger partial charge in [-0.15, -0.1) is 11.3 Å². The molecule has 5 heterocycles. The number of benzene rings is 2. The normalized spacial score (nSPS) is 21.5. The number of aryl methyl sites for hydroxylation is 1. The van der Waals surface area contributed by atoms with Gasteiger partial charge in [0.2, 0.25) is 17.7 Å². The summed E-state index contributed by atoms with van der Waals surface area (Å²) in [5.74, 6) is -1.60. The summed E-state index contributed by atoms with van der Waals surface area (Å²) in [5, 5.41) is 20.6. The van der Waals surface area contributed by atoms with Crippen molar-refractivity contribution < 1.29 is 33.9 Å². The maximum absolute atomic E-state index is 13.7. The Bertz CT molecular complexity index is 2350. The average Bonchev–Trinajstić information content (AvgIpc) is 3.75. The zero-order valence-corrected chi connectivity index (χ0v) is 34.3. The van der Waals surface area contributed by atoms with E-state index in [1.54, 1.807) is 55.5 Å². The number of amides is 6. The minimum atomic E-state index is -1.22. The number of hydrogen-bond donors (Lipinski definition) is 4. The molecule has 6 amide bonds. The Hall–Kier alpha value is -5.54. The highest BCUT2D eigenvalue weighted by Gasteiger charge is 2.45. The molecule has 4 aromatic rings. The molecule has 2 aromatic heterocycles. The Balaban J connectivity index is 0.823. The molecule has 1 unspecified atom stereocenters. The lowest BCUT2D eigenvalue weighted by molar-refractivity contribution is -0.138. The molecule has 2 saturated heterocycles. The predicted molar refractivity (Wildman–Crippen MR) is 222 cm³/mol. The summed E-state index contributed by atoms with van der Waals surface area (Å²) in [6, 6.07) is 13.1. The van der Waals surface area contributed by atoms with Gasteiger partial charge in [0.05, 0.1) is 32.0 Å². The molecule has 1 aliphatic carbocycles. The van der Waals surface area contributed by atoms with E-state index >= 15 is 0 Å². The number of rotatable bonds is 10. The third-order valence-corrected chi connectivity index (χ3v) is 13.4. The van der Waals surface area contributed by atoms with Crippen LogP contribution in [0, 0.1) is 18.8 Å². The standard InChI is InChI=1S/C44H49N7O7S/c1-24-6-4-9-31(46-24)38(53)47-32-23-35-33(22-29(32)44(2,3)58)48-40(59-35)26-10-12-27(13-11-26)41(55)50-20-17-25(18-21-50)16-19-45-30-8-5-7-28-37(30)43(57)51(42(28)56)34-14-15-36(52)49-39(34)54/h4-9,22-23,25-27,34,45,58H,10-21H2,1-3H3,(H,47,53)(H,49,52,54)/t26-,27-,34?. The molecule has 14 nitrogen and oxygen atoms in total. The molecule has 4 N–H and O–H groups in total. The molecule has 8 rings (SSSR count). The van der Waals surface area contributed by atoms with Crippen LogP contribution in [0.25, 0.3) is 10.2 Å². The number of nitrogens with one attached hydrogen (secondary N) is 3. The van der Waals surface area contributed by atoms with Gasteiger partial charge in [0.1, 0.15) is 11.7 Å². The van der Waals surface area contributed by atoms with Gasteiger partial charge < -0.3 is 20.6 Å². The molecule has 0 spiro atoms. The van der Waals surface area contributed by atoms with Crippen LogP contribution < -0.4 is 16.0 Å². The Morgan fingerprint density at radius 2 is 1.66 bits per heavy atom. The molecule has 3 fully saturated rings. The topological polar surface area (TPSA) is 191 Å². The van der Waals surface area contributed by atoms with Crippen LogP contribution in [-0.4, -0.2) is 86.0 Å². The van der Waals surface area contributed by atoms with Gasteiger partial charge in [-0.2, -0.15) is 0 Å². The van der Waals surface area contributed by atoms with E-state index in [-0.39, 0.29) is 47.6 Å². The van der Waals surface area contributed by atoms with E-state index in [2.05, 4.69) is 20.9 Å². The Labute approximate surface area is 346 Å². The highest BCUT2D eigenvalue weighted by molar-refractivity contribution is 7.18. The van der Waals surface area contributed by atoms with Gasteiger partial charge in [-0.3, -0.25) is 39.0 Å². The summed E-state index contributed by atoms with van der Waals surface area (Å²) in [6.07, 6.45) is 6.11. The minimum Gasteiger partial charge on any atom is -0.386 e. The highest BCUT2D eigenvalue weighted by Crippen LogP contribution is 2.42. The van der Waals surface area contributed by atoms with Crippen molar-refractivity contribution in [3.8, 4) is 0 Å². The third kappa shape index (κ3) is 8.22. The van der Waals surface area contributed by atoms with Crippen LogP contribution in [0.1, 0.15) is 125 Å². The SMILES string of the molecule is Cc1cccc(C(=O)Nc2cc3sc([C@H]4CC[C@H](C(=O)N5CCC(CCNc6cccc7c6C(=O)N(C6CCC(=O)NC6=O)C7=O)CC5)CC4)nc3cc2C(C)(C)O)n1. The molecule has 4 aliphatic rings. The number of carbonyl (C=O) groups is 6. The number of piperidine rings is 2. The van der Waals surface area contributed by atoms with E-state index < -0.39 is 35.3 Å². The van der Waals surface area contributed by atoms with Crippen molar-refractivity contribution in [2.24, 2.45) is 11.8 Å². The lowest BCUT2D eigenvalue weighted by Gasteiger charge is -2.36. The van der Waals surface area contributed by atoms with E-state index in [0.29, 0.717) is 48.2 Å². The summed E-state index contributed by atoms with van der Waals surface area (Å²) in [6.45, 7) is 7.21. The number of pyridine rings is 1. The van der Waals surface area contributed by atoms with Crippen LogP contribution in [-0.2, 0) is 20.0 Å². The molecule has 308 valence electrons. The van der Waals surface area contributed by atoms with Crippen LogP contribution in [0.5, 0.6) is 0 Å². The smallest absolute Gasteiger partial charge is 0.274 e. The maximum Gasteiger partial charge on any atom is 0.274 e. The Kier molecular flexibility index (Phi) is 11.1. The first kappa shape index (κ1) is 40.2. The van der Waals surface area contributed by atoms with Crippen molar-refractivity contribution in [1.29, 1.82) is 0 Å². The van der Waals surface area contributed by atoms with Gasteiger partial charge in [-0.05, 0) is 114 Å². The highest BCUT2D eigenvalue weighted by atomic mass is 32.1. The number of nitrogens with zero attached hydrogens (tertiary/aromatic N) is 4. The number of likely N-dealkylation sites (tertiary alicyclic amines) is 1. The van der Waals surface area contributed by atoms with E-state index in [1.807, 2.05) is 30.0 Å². The first-order valence-electron chi connectivity index (χ1n) is 20.5. The third-order valence-electron chi connectivity index (χ3n) is 12.3. The number of hydrogen-bond acceptors (Lipinski definition) is 11. The van der Waals surface area contributed by atoms with Gasteiger partial charge in [0.25, 0.3) is 17.7 Å². The van der Waals surface area contributed by atoms with Crippen LogP contribution in [0.4, 0.5) is 11.4 Å². The fourth-order valence-corrected chi connectivity index (χ4v) is 10.2. The summed E-state index contributed by atoms with van der Waals surface area (Å²) >= 11 is 1.60.